The summed E-state index contributed by atoms with van der Waals surface area (Å²) in [6, 6.07) is 0. The van der Waals surface area contributed by atoms with Crippen molar-refractivity contribution in [1.82, 2.24) is 0 Å². The van der Waals surface area contributed by atoms with E-state index in [0.29, 0.717) is 0 Å². The van der Waals surface area contributed by atoms with Gasteiger partial charge < -0.3 is 12.4 Å². The standard InChI is InChI=1S/ClH.Fe.K.H2O4S/c;;;1-5(2,3)4/h1H;;;(H2,1,2,3,4)/q;;+1;/p-1. The van der Waals surface area contributed by atoms with Crippen molar-refractivity contribution < 1.29 is 98.4 Å². The van der Waals surface area contributed by atoms with Gasteiger partial charge in [-0.1, -0.05) is 0 Å². The van der Waals surface area contributed by atoms with E-state index in [4.69, 9.17) is 17.5 Å². The summed E-state index contributed by atoms with van der Waals surface area (Å²) in [7, 11) is -4.67. The molecule has 8 heteroatoms. The molecule has 0 aliphatic carbocycles. The van der Waals surface area contributed by atoms with Crippen LogP contribution in [0.1, 0.15) is 0 Å². The van der Waals surface area contributed by atoms with Crippen molar-refractivity contribution in [2.45, 2.75) is 0 Å². The van der Waals surface area contributed by atoms with Gasteiger partial charge in [-0.25, -0.2) is 0 Å². The second-order valence-corrected chi connectivity index (χ2v) is 1.34. The molecule has 0 saturated heterocycles. The Morgan fingerprint density at radius 3 is 1.12 bits per heavy atom. The largest absolute Gasteiger partial charge is 1.00 e. The molecule has 0 radical (unpaired) electrons. The first-order chi connectivity index (χ1) is 2.00. The van der Waals surface area contributed by atoms with E-state index in [-0.39, 0.29) is 80.9 Å². The Bertz CT molecular complexity index is 99.2. The van der Waals surface area contributed by atoms with E-state index in [0.717, 1.165) is 0 Å². The van der Waals surface area contributed by atoms with Crippen molar-refractivity contribution in [3.8, 4) is 0 Å². The Balaban J connectivity index is -0.0000000267. The summed E-state index contributed by atoms with van der Waals surface area (Å²) in [6.07, 6.45) is 0. The Kier molecular flexibility index (Phi) is 26.1. The van der Waals surface area contributed by atoms with Gasteiger partial charge >= 0.3 is 61.8 Å². The molecule has 0 aliphatic rings. The number of hydrogen-bond acceptors (Lipinski definition) is 2. The van der Waals surface area contributed by atoms with Crippen LogP contribution in [0.2, 0.25) is 0 Å². The van der Waals surface area contributed by atoms with Gasteiger partial charge in [-0.3, -0.25) is 9.11 Å². The molecular formula is H2ClFeKO4S. The molecule has 4 nitrogen and oxygen atoms in total. The van der Waals surface area contributed by atoms with Crippen molar-refractivity contribution in [1.29, 1.82) is 0 Å². The van der Waals surface area contributed by atoms with Crippen molar-refractivity contribution in [3.63, 3.8) is 0 Å². The van der Waals surface area contributed by atoms with Crippen molar-refractivity contribution in [2.24, 2.45) is 0 Å². The molecule has 0 rings (SSSR count). The van der Waals surface area contributed by atoms with Crippen LogP contribution in [0.25, 0.3) is 0 Å². The first-order valence-corrected chi connectivity index (χ1v) is 2.10. The molecule has 0 amide bonds. The third kappa shape index (κ3) is 83.0. The normalized spacial score (nSPS) is 7.25. The zero-order valence-corrected chi connectivity index (χ0v) is 9.65. The first-order valence-electron chi connectivity index (χ1n) is 0.698. The van der Waals surface area contributed by atoms with Crippen LogP contribution in [-0.4, -0.2) is 17.5 Å². The predicted molar refractivity (Wildman–Crippen MR) is 14.2 cm³/mol. The number of hydrogen-bond donors (Lipinski definition) is 2. The van der Waals surface area contributed by atoms with E-state index in [1.807, 2.05) is 0 Å². The molecule has 0 aromatic heterocycles. The Labute approximate surface area is 107 Å². The fourth-order valence-corrected chi connectivity index (χ4v) is 0. The van der Waals surface area contributed by atoms with Crippen molar-refractivity contribution in [3.05, 3.63) is 0 Å². The first kappa shape index (κ1) is 22.4. The fourth-order valence-electron chi connectivity index (χ4n) is 0. The van der Waals surface area contributed by atoms with Crippen LogP contribution in [-0.2, 0) is 27.5 Å². The quantitative estimate of drug-likeness (QED) is 0.319. The van der Waals surface area contributed by atoms with E-state index in [1.54, 1.807) is 0 Å². The second-order valence-electron chi connectivity index (χ2n) is 0.448. The summed E-state index contributed by atoms with van der Waals surface area (Å²) >= 11 is 0. The topological polar surface area (TPSA) is 74.6 Å². The molecule has 0 spiro atoms. The van der Waals surface area contributed by atoms with Crippen LogP contribution in [0.15, 0.2) is 0 Å². The molecule has 0 aromatic carbocycles. The van der Waals surface area contributed by atoms with E-state index in [2.05, 4.69) is 0 Å². The van der Waals surface area contributed by atoms with E-state index in [1.165, 1.54) is 0 Å². The maximum Gasteiger partial charge on any atom is 1.00 e. The minimum atomic E-state index is -4.67. The van der Waals surface area contributed by atoms with Gasteiger partial charge in [0.05, 0.1) is 0 Å². The maximum atomic E-state index is 8.74. The van der Waals surface area contributed by atoms with Gasteiger partial charge in [0.2, 0.25) is 0 Å². The van der Waals surface area contributed by atoms with Crippen LogP contribution >= 0.6 is 0 Å². The maximum absolute atomic E-state index is 8.74. The van der Waals surface area contributed by atoms with E-state index < -0.39 is 10.4 Å². The molecular weight excluding hydrogens is 226 g/mol. The van der Waals surface area contributed by atoms with Crippen LogP contribution in [0.5, 0.6) is 0 Å². The summed E-state index contributed by atoms with van der Waals surface area (Å²) < 4.78 is 31.6. The summed E-state index contributed by atoms with van der Waals surface area (Å²) in [5.74, 6) is 0. The summed E-state index contributed by atoms with van der Waals surface area (Å²) in [5.41, 5.74) is 0. The third-order valence-electron chi connectivity index (χ3n) is 0. The molecule has 0 heterocycles. The van der Waals surface area contributed by atoms with Crippen molar-refractivity contribution in [2.75, 3.05) is 0 Å². The van der Waals surface area contributed by atoms with Crippen LogP contribution in [0.4, 0.5) is 0 Å². The Morgan fingerprint density at radius 2 is 1.12 bits per heavy atom. The SMILES string of the molecule is O=S(=O)(O)O.[Cl-].[Fe].[K+]. The predicted octanol–water partition coefficient (Wildman–Crippen LogP) is -6.65. The van der Waals surface area contributed by atoms with E-state index in [9.17, 15) is 0 Å². The summed E-state index contributed by atoms with van der Waals surface area (Å²) in [5, 5.41) is 0. The monoisotopic (exact) mass is 228 g/mol. The van der Waals surface area contributed by atoms with Gasteiger partial charge in [0.15, 0.2) is 0 Å². The van der Waals surface area contributed by atoms with Gasteiger partial charge in [-0.05, 0) is 0 Å². The molecule has 2 N–H and O–H groups in total. The fraction of sp³-hybridized carbons (Fsp3) is 0. The Morgan fingerprint density at radius 1 is 1.12 bits per heavy atom. The van der Waals surface area contributed by atoms with Crippen LogP contribution in [0, 0.1) is 0 Å². The molecule has 0 aromatic rings. The average molecular weight is 228 g/mol. The van der Waals surface area contributed by atoms with E-state index >= 15 is 0 Å². The number of halogens is 1. The Hall–Kier alpha value is 2.32. The van der Waals surface area contributed by atoms with Gasteiger partial charge in [-0.2, -0.15) is 8.42 Å². The molecule has 48 valence electrons. The molecule has 0 aliphatic heterocycles. The molecule has 8 heavy (non-hydrogen) atoms. The molecule has 0 saturated carbocycles. The van der Waals surface area contributed by atoms with Crippen molar-refractivity contribution >= 4 is 10.4 Å². The molecule has 0 fully saturated rings. The average Bonchev–Trinajstić information content (AvgIpc) is 0.722. The van der Waals surface area contributed by atoms with Gasteiger partial charge in [0.1, 0.15) is 0 Å². The zero-order valence-electron chi connectivity index (χ0n) is 3.85. The van der Waals surface area contributed by atoms with Crippen LogP contribution < -0.4 is 63.8 Å². The van der Waals surface area contributed by atoms with Gasteiger partial charge in [0.25, 0.3) is 0 Å². The summed E-state index contributed by atoms with van der Waals surface area (Å²) in [6.45, 7) is 0. The minimum absolute atomic E-state index is 0. The molecule has 0 unspecified atom stereocenters. The molecule has 0 atom stereocenters. The smallest absolute Gasteiger partial charge is 1.00 e. The van der Waals surface area contributed by atoms with Crippen LogP contribution in [0.3, 0.4) is 0 Å². The van der Waals surface area contributed by atoms with Gasteiger partial charge in [0, 0.05) is 17.1 Å². The summed E-state index contributed by atoms with van der Waals surface area (Å²) in [4.78, 5) is 0. The third-order valence-corrected chi connectivity index (χ3v) is 0. The second kappa shape index (κ2) is 9.32. The number of rotatable bonds is 0. The molecule has 0 bridgehead atoms. The minimum Gasteiger partial charge on any atom is -1.00 e. The zero-order chi connectivity index (χ0) is 4.50. The van der Waals surface area contributed by atoms with Gasteiger partial charge in [-0.15, -0.1) is 0 Å².